The Morgan fingerprint density at radius 1 is 0.211 bits per heavy atom. The molecule has 0 aliphatic heterocycles. The highest BCUT2D eigenvalue weighted by atomic mass is 16.6. The summed E-state index contributed by atoms with van der Waals surface area (Å²) in [6.45, 7) is 6.71. The Hall–Kier alpha value is -1.59. The average Bonchev–Trinajstić information content (AvgIpc) is 3.42. The standard InChI is InChI=1S/C70H136O6/c1-4-7-10-13-16-19-22-25-26-27-28-29-30-31-32-33-34-35-36-37-38-39-40-41-42-43-44-45-46-49-51-54-57-60-63-69(72)75-66-67(76-70(73)64-61-58-55-52-48-24-21-18-15-12-9-6-3)65-74-68(71)62-59-56-53-50-47-23-20-17-14-11-8-5-2/h67H,4-66H2,1-3H3. The van der Waals surface area contributed by atoms with Gasteiger partial charge in [-0.05, 0) is 19.3 Å². The molecule has 452 valence electrons. The minimum absolute atomic E-state index is 0.0609. The molecule has 1 atom stereocenters. The van der Waals surface area contributed by atoms with Gasteiger partial charge in [0.05, 0.1) is 0 Å². The van der Waals surface area contributed by atoms with Crippen molar-refractivity contribution >= 4 is 17.9 Å². The first-order valence-corrected chi connectivity index (χ1v) is 35.0. The van der Waals surface area contributed by atoms with Crippen LogP contribution in [0.3, 0.4) is 0 Å². The van der Waals surface area contributed by atoms with Crippen LogP contribution in [-0.2, 0) is 28.6 Å². The molecule has 6 heteroatoms. The van der Waals surface area contributed by atoms with E-state index in [0.29, 0.717) is 19.3 Å². The summed E-state index contributed by atoms with van der Waals surface area (Å²) in [5.74, 6) is -0.829. The molecule has 0 heterocycles. The van der Waals surface area contributed by atoms with Crippen molar-refractivity contribution < 1.29 is 28.6 Å². The quantitative estimate of drug-likeness (QED) is 0.0343. The topological polar surface area (TPSA) is 78.9 Å². The van der Waals surface area contributed by atoms with Gasteiger partial charge in [-0.2, -0.15) is 0 Å². The molecule has 0 saturated heterocycles. The van der Waals surface area contributed by atoms with E-state index in [1.54, 1.807) is 0 Å². The third kappa shape index (κ3) is 63.2. The number of hydrogen-bond acceptors (Lipinski definition) is 6. The summed E-state index contributed by atoms with van der Waals surface area (Å²) in [6, 6.07) is 0. The van der Waals surface area contributed by atoms with Gasteiger partial charge in [-0.25, -0.2) is 0 Å². The first-order valence-electron chi connectivity index (χ1n) is 35.0. The number of carbonyl (C=O) groups excluding carboxylic acids is 3. The van der Waals surface area contributed by atoms with Crippen molar-refractivity contribution in [2.75, 3.05) is 13.2 Å². The smallest absolute Gasteiger partial charge is 0.306 e. The van der Waals surface area contributed by atoms with E-state index >= 15 is 0 Å². The lowest BCUT2D eigenvalue weighted by atomic mass is 10.0. The molecule has 0 aliphatic rings. The molecule has 0 aromatic carbocycles. The average molecular weight is 1070 g/mol. The van der Waals surface area contributed by atoms with E-state index in [0.717, 1.165) is 57.8 Å². The van der Waals surface area contributed by atoms with Crippen molar-refractivity contribution in [2.24, 2.45) is 0 Å². The fourth-order valence-corrected chi connectivity index (χ4v) is 11.1. The van der Waals surface area contributed by atoms with E-state index in [-0.39, 0.29) is 31.1 Å². The maximum absolute atomic E-state index is 12.8. The monoisotopic (exact) mass is 1070 g/mol. The van der Waals surface area contributed by atoms with Crippen molar-refractivity contribution in [1.29, 1.82) is 0 Å². The molecule has 0 aromatic heterocycles. The molecule has 0 bridgehead atoms. The molecular formula is C70H136O6. The predicted molar refractivity (Wildman–Crippen MR) is 330 cm³/mol. The van der Waals surface area contributed by atoms with Crippen molar-refractivity contribution in [2.45, 2.75) is 419 Å². The zero-order valence-corrected chi connectivity index (χ0v) is 52.1. The van der Waals surface area contributed by atoms with Gasteiger partial charge in [-0.1, -0.05) is 374 Å². The maximum Gasteiger partial charge on any atom is 0.306 e. The predicted octanol–water partition coefficient (Wildman–Crippen LogP) is 23.8. The molecule has 76 heavy (non-hydrogen) atoms. The van der Waals surface area contributed by atoms with Gasteiger partial charge in [0.1, 0.15) is 13.2 Å². The summed E-state index contributed by atoms with van der Waals surface area (Å²) in [5, 5.41) is 0. The summed E-state index contributed by atoms with van der Waals surface area (Å²) in [4.78, 5) is 38.2. The minimum atomic E-state index is -0.761. The lowest BCUT2D eigenvalue weighted by molar-refractivity contribution is -0.167. The first kappa shape index (κ1) is 74.4. The molecule has 0 saturated carbocycles. The Labute approximate surface area is 476 Å². The lowest BCUT2D eigenvalue weighted by Gasteiger charge is -2.18. The number of hydrogen-bond donors (Lipinski definition) is 0. The molecule has 1 unspecified atom stereocenters. The molecule has 0 rings (SSSR count). The number of carbonyl (C=O) groups is 3. The van der Waals surface area contributed by atoms with E-state index < -0.39 is 6.10 Å². The van der Waals surface area contributed by atoms with Gasteiger partial charge in [-0.15, -0.1) is 0 Å². The van der Waals surface area contributed by atoms with Gasteiger partial charge in [0, 0.05) is 19.3 Å². The van der Waals surface area contributed by atoms with Crippen molar-refractivity contribution in [3.8, 4) is 0 Å². The highest BCUT2D eigenvalue weighted by molar-refractivity contribution is 5.71. The van der Waals surface area contributed by atoms with Gasteiger partial charge in [0.2, 0.25) is 0 Å². The number of esters is 3. The fraction of sp³-hybridized carbons (Fsp3) is 0.957. The summed E-state index contributed by atoms with van der Waals surface area (Å²) in [7, 11) is 0. The maximum atomic E-state index is 12.8. The van der Waals surface area contributed by atoms with Crippen molar-refractivity contribution in [1.82, 2.24) is 0 Å². The van der Waals surface area contributed by atoms with Gasteiger partial charge in [0.15, 0.2) is 6.10 Å². The largest absolute Gasteiger partial charge is 0.462 e. The number of ether oxygens (including phenoxy) is 3. The van der Waals surface area contributed by atoms with Gasteiger partial charge >= 0.3 is 17.9 Å². The molecule has 6 nitrogen and oxygen atoms in total. The van der Waals surface area contributed by atoms with Gasteiger partial charge in [0.25, 0.3) is 0 Å². The van der Waals surface area contributed by atoms with Crippen LogP contribution in [-0.4, -0.2) is 37.2 Å². The van der Waals surface area contributed by atoms with Crippen LogP contribution in [0.1, 0.15) is 412 Å². The summed E-state index contributed by atoms with van der Waals surface area (Å²) in [5.41, 5.74) is 0. The second-order valence-electron chi connectivity index (χ2n) is 24.2. The fourth-order valence-electron chi connectivity index (χ4n) is 11.1. The number of unbranched alkanes of at least 4 members (excludes halogenated alkanes) is 55. The normalized spacial score (nSPS) is 11.9. The van der Waals surface area contributed by atoms with Crippen LogP contribution < -0.4 is 0 Å². The van der Waals surface area contributed by atoms with Crippen LogP contribution in [0, 0.1) is 0 Å². The van der Waals surface area contributed by atoms with Gasteiger partial charge < -0.3 is 14.2 Å². The SMILES string of the molecule is CCCCCCCCCCCCCCCCCCCCCCCCCCCCCCCCCCCCC(=O)OCC(COC(=O)CCCCCCCCCCCCCC)OC(=O)CCCCCCCCCCCCCC. The number of rotatable bonds is 66. The Balaban J connectivity index is 3.95. The second-order valence-corrected chi connectivity index (χ2v) is 24.2. The van der Waals surface area contributed by atoms with Crippen LogP contribution in [0.15, 0.2) is 0 Å². The van der Waals surface area contributed by atoms with Crippen LogP contribution in [0.5, 0.6) is 0 Å². The van der Waals surface area contributed by atoms with Crippen LogP contribution >= 0.6 is 0 Å². The second kappa shape index (κ2) is 65.9. The molecule has 0 spiro atoms. The Kier molecular flexibility index (Phi) is 64.5. The zero-order valence-electron chi connectivity index (χ0n) is 52.1. The minimum Gasteiger partial charge on any atom is -0.462 e. The first-order chi connectivity index (χ1) is 37.5. The third-order valence-corrected chi connectivity index (χ3v) is 16.4. The molecule has 0 aromatic rings. The highest BCUT2D eigenvalue weighted by Gasteiger charge is 2.19. The van der Waals surface area contributed by atoms with Crippen LogP contribution in [0.4, 0.5) is 0 Å². The molecule has 0 N–H and O–H groups in total. The molecule has 0 aliphatic carbocycles. The molecular weight excluding hydrogens is 937 g/mol. The Bertz CT molecular complexity index is 1140. The van der Waals surface area contributed by atoms with Crippen LogP contribution in [0.25, 0.3) is 0 Å². The lowest BCUT2D eigenvalue weighted by Crippen LogP contribution is -2.30. The molecule has 0 amide bonds. The van der Waals surface area contributed by atoms with E-state index in [4.69, 9.17) is 14.2 Å². The summed E-state index contributed by atoms with van der Waals surface area (Å²) < 4.78 is 16.9. The highest BCUT2D eigenvalue weighted by Crippen LogP contribution is 2.19. The van der Waals surface area contributed by atoms with E-state index in [9.17, 15) is 14.4 Å². The van der Waals surface area contributed by atoms with Gasteiger partial charge in [-0.3, -0.25) is 14.4 Å². The summed E-state index contributed by atoms with van der Waals surface area (Å²) in [6.07, 6.45) is 77.3. The Morgan fingerprint density at radius 3 is 0.526 bits per heavy atom. The van der Waals surface area contributed by atoms with E-state index in [1.807, 2.05) is 0 Å². The van der Waals surface area contributed by atoms with Crippen molar-refractivity contribution in [3.05, 3.63) is 0 Å². The van der Waals surface area contributed by atoms with E-state index in [1.165, 1.54) is 315 Å². The van der Waals surface area contributed by atoms with E-state index in [2.05, 4.69) is 20.8 Å². The Morgan fingerprint density at radius 2 is 0.355 bits per heavy atom. The van der Waals surface area contributed by atoms with Crippen LogP contribution in [0.2, 0.25) is 0 Å². The molecule has 0 radical (unpaired) electrons. The molecule has 0 fully saturated rings. The van der Waals surface area contributed by atoms with Crippen molar-refractivity contribution in [3.63, 3.8) is 0 Å². The third-order valence-electron chi connectivity index (χ3n) is 16.4. The zero-order chi connectivity index (χ0) is 55.0. The summed E-state index contributed by atoms with van der Waals surface area (Å²) >= 11 is 0.